The van der Waals surface area contributed by atoms with E-state index in [2.05, 4.69) is 15.1 Å². The Morgan fingerprint density at radius 1 is 1.20 bits per heavy atom. The number of aliphatic hydroxyl groups is 1. The van der Waals surface area contributed by atoms with E-state index < -0.39 is 0 Å². The fourth-order valence-electron chi connectivity index (χ4n) is 2.52. The minimum absolute atomic E-state index is 0.127. The third kappa shape index (κ3) is 3.69. The summed E-state index contributed by atoms with van der Waals surface area (Å²) in [5, 5.41) is 12.6. The van der Waals surface area contributed by atoms with E-state index in [9.17, 15) is 9.50 Å². The first-order chi connectivity index (χ1) is 9.56. The Morgan fingerprint density at radius 2 is 1.80 bits per heavy atom. The van der Waals surface area contributed by atoms with Crippen LogP contribution in [0, 0.1) is 5.82 Å². The van der Waals surface area contributed by atoms with Gasteiger partial charge in [-0.25, -0.2) is 4.39 Å². The number of aliphatic hydroxyl groups excluding tert-OH is 1. The van der Waals surface area contributed by atoms with Crippen LogP contribution in [0.2, 0.25) is 0 Å². The van der Waals surface area contributed by atoms with Gasteiger partial charge in [-0.15, -0.1) is 0 Å². The monoisotopic (exact) mass is 281 g/mol. The van der Waals surface area contributed by atoms with Crippen molar-refractivity contribution in [1.82, 2.24) is 10.2 Å². The molecule has 0 spiro atoms. The van der Waals surface area contributed by atoms with Gasteiger partial charge in [-0.05, 0) is 38.2 Å². The van der Waals surface area contributed by atoms with Crippen LogP contribution in [0.25, 0.3) is 0 Å². The first kappa shape index (κ1) is 15.2. The molecule has 1 saturated heterocycles. The summed E-state index contributed by atoms with van der Waals surface area (Å²) in [4.78, 5) is 4.62. The Morgan fingerprint density at radius 3 is 2.30 bits per heavy atom. The van der Waals surface area contributed by atoms with E-state index >= 15 is 0 Å². The maximum atomic E-state index is 12.9. The molecule has 112 valence electrons. The number of nitrogens with one attached hydrogen (secondary N) is 1. The Hall–Kier alpha value is -1.17. The molecule has 1 aromatic rings. The lowest BCUT2D eigenvalue weighted by atomic mass is 10.0. The van der Waals surface area contributed by atoms with E-state index in [1.165, 1.54) is 12.1 Å². The molecule has 0 bridgehead atoms. The number of halogens is 1. The number of anilines is 1. The molecule has 2 rings (SSSR count). The average molecular weight is 281 g/mol. The third-order valence-corrected chi connectivity index (χ3v) is 4.09. The van der Waals surface area contributed by atoms with Gasteiger partial charge in [0.25, 0.3) is 0 Å². The molecule has 2 N–H and O–H groups in total. The molecule has 1 unspecified atom stereocenters. The van der Waals surface area contributed by atoms with E-state index in [-0.39, 0.29) is 18.0 Å². The van der Waals surface area contributed by atoms with Crippen molar-refractivity contribution in [2.45, 2.75) is 12.5 Å². The molecule has 20 heavy (non-hydrogen) atoms. The van der Waals surface area contributed by atoms with Crippen molar-refractivity contribution in [2.75, 3.05) is 51.3 Å². The predicted molar refractivity (Wildman–Crippen MR) is 79.6 cm³/mol. The quantitative estimate of drug-likeness (QED) is 0.842. The summed E-state index contributed by atoms with van der Waals surface area (Å²) in [5.74, 6) is -0.194. The molecule has 0 aliphatic carbocycles. The maximum absolute atomic E-state index is 12.9. The van der Waals surface area contributed by atoms with E-state index in [1.54, 1.807) is 0 Å². The van der Waals surface area contributed by atoms with Crippen LogP contribution in [-0.2, 0) is 0 Å². The number of hydrogen-bond donors (Lipinski definition) is 2. The Bertz CT molecular complexity index is 412. The summed E-state index contributed by atoms with van der Waals surface area (Å²) in [6.45, 7) is 6.75. The molecule has 0 amide bonds. The molecule has 0 radical (unpaired) electrons. The average Bonchev–Trinajstić information content (AvgIpc) is 2.49. The second-order valence-electron chi connectivity index (χ2n) is 5.71. The van der Waals surface area contributed by atoms with E-state index in [4.69, 9.17) is 0 Å². The lowest BCUT2D eigenvalue weighted by molar-refractivity contribution is 0.122. The second-order valence-corrected chi connectivity index (χ2v) is 5.71. The van der Waals surface area contributed by atoms with Gasteiger partial charge >= 0.3 is 0 Å². The largest absolute Gasteiger partial charge is 0.394 e. The van der Waals surface area contributed by atoms with Gasteiger partial charge in [0.05, 0.1) is 12.1 Å². The normalized spacial score (nSPS) is 19.9. The minimum atomic E-state index is -0.252. The third-order valence-electron chi connectivity index (χ3n) is 4.09. The van der Waals surface area contributed by atoms with Crippen molar-refractivity contribution >= 4 is 5.69 Å². The van der Waals surface area contributed by atoms with Crippen LogP contribution in [0.15, 0.2) is 24.3 Å². The van der Waals surface area contributed by atoms with Crippen molar-refractivity contribution in [3.8, 4) is 0 Å². The molecular weight excluding hydrogens is 257 g/mol. The lowest BCUT2D eigenvalue weighted by Crippen LogP contribution is -2.56. The van der Waals surface area contributed by atoms with Crippen LogP contribution in [-0.4, -0.2) is 61.9 Å². The minimum Gasteiger partial charge on any atom is -0.394 e. The van der Waals surface area contributed by atoms with Gasteiger partial charge in [0.2, 0.25) is 0 Å². The van der Waals surface area contributed by atoms with Crippen LogP contribution >= 0.6 is 0 Å². The summed E-state index contributed by atoms with van der Waals surface area (Å²) in [6, 6.07) is 6.67. The Labute approximate surface area is 120 Å². The predicted octanol–water partition coefficient (Wildman–Crippen LogP) is 0.918. The van der Waals surface area contributed by atoms with Crippen molar-refractivity contribution in [1.29, 1.82) is 0 Å². The highest BCUT2D eigenvalue weighted by molar-refractivity contribution is 5.46. The summed E-state index contributed by atoms with van der Waals surface area (Å²) in [6.07, 6.45) is 0. The van der Waals surface area contributed by atoms with Crippen LogP contribution in [0.3, 0.4) is 0 Å². The van der Waals surface area contributed by atoms with Crippen LogP contribution in [0.4, 0.5) is 10.1 Å². The molecule has 1 aliphatic heterocycles. The Balaban J connectivity index is 1.87. The zero-order valence-electron chi connectivity index (χ0n) is 12.3. The van der Waals surface area contributed by atoms with E-state index in [0.29, 0.717) is 0 Å². The number of piperazine rings is 1. The molecule has 1 heterocycles. The number of rotatable bonds is 5. The first-order valence-electron chi connectivity index (χ1n) is 7.09. The highest BCUT2D eigenvalue weighted by Gasteiger charge is 2.26. The molecule has 1 aromatic carbocycles. The highest BCUT2D eigenvalue weighted by atomic mass is 19.1. The van der Waals surface area contributed by atoms with E-state index in [1.807, 2.05) is 26.1 Å². The fourth-order valence-corrected chi connectivity index (χ4v) is 2.52. The van der Waals surface area contributed by atoms with Gasteiger partial charge in [-0.2, -0.15) is 0 Å². The van der Waals surface area contributed by atoms with Gasteiger partial charge in [-0.3, -0.25) is 4.90 Å². The molecule has 4 nitrogen and oxygen atoms in total. The molecule has 0 aromatic heterocycles. The van der Waals surface area contributed by atoms with Crippen molar-refractivity contribution in [3.05, 3.63) is 30.1 Å². The number of benzene rings is 1. The van der Waals surface area contributed by atoms with Crippen molar-refractivity contribution in [3.63, 3.8) is 0 Å². The van der Waals surface area contributed by atoms with Crippen LogP contribution in [0.5, 0.6) is 0 Å². The molecule has 1 atom stereocenters. The van der Waals surface area contributed by atoms with Gasteiger partial charge in [0, 0.05) is 38.4 Å². The van der Waals surface area contributed by atoms with Crippen molar-refractivity contribution < 1.29 is 9.50 Å². The number of hydrogen-bond acceptors (Lipinski definition) is 4. The summed E-state index contributed by atoms with van der Waals surface area (Å²) in [7, 11) is 1.88. The molecular formula is C15H24FN3O. The summed E-state index contributed by atoms with van der Waals surface area (Å²) >= 11 is 0. The fraction of sp³-hybridized carbons (Fsp3) is 0.600. The standard InChI is InChI=1S/C15H24FN3O/c1-15(12-20,17-2)11-18-7-9-19(10-8-18)14-5-3-13(16)4-6-14/h3-6,17,20H,7-12H2,1-2H3. The number of nitrogens with zero attached hydrogens (tertiary/aromatic N) is 2. The SMILES string of the molecule is CNC(C)(CO)CN1CCN(c2ccc(F)cc2)CC1. The van der Waals surface area contributed by atoms with Crippen LogP contribution < -0.4 is 10.2 Å². The van der Waals surface area contributed by atoms with Gasteiger partial charge in [-0.1, -0.05) is 0 Å². The van der Waals surface area contributed by atoms with E-state index in [0.717, 1.165) is 38.4 Å². The maximum Gasteiger partial charge on any atom is 0.123 e. The summed E-state index contributed by atoms with van der Waals surface area (Å²) < 4.78 is 12.9. The molecule has 0 saturated carbocycles. The van der Waals surface area contributed by atoms with Crippen LogP contribution in [0.1, 0.15) is 6.92 Å². The highest BCUT2D eigenvalue weighted by Crippen LogP contribution is 2.17. The summed E-state index contributed by atoms with van der Waals surface area (Å²) in [5.41, 5.74) is 0.822. The lowest BCUT2D eigenvalue weighted by Gasteiger charge is -2.40. The van der Waals surface area contributed by atoms with Crippen molar-refractivity contribution in [2.24, 2.45) is 0 Å². The molecule has 1 aliphatic rings. The topological polar surface area (TPSA) is 38.7 Å². The zero-order chi connectivity index (χ0) is 14.6. The zero-order valence-corrected chi connectivity index (χ0v) is 12.3. The number of likely N-dealkylation sites (N-methyl/N-ethyl adjacent to an activating group) is 1. The smallest absolute Gasteiger partial charge is 0.123 e. The van der Waals surface area contributed by atoms with Gasteiger partial charge in [0.15, 0.2) is 0 Å². The molecule has 5 heteroatoms. The molecule has 1 fully saturated rings. The van der Waals surface area contributed by atoms with Gasteiger partial charge in [0.1, 0.15) is 5.82 Å². The van der Waals surface area contributed by atoms with Gasteiger partial charge < -0.3 is 15.3 Å². The first-order valence-corrected chi connectivity index (χ1v) is 7.09. The Kier molecular flexibility index (Phi) is 4.96. The second kappa shape index (κ2) is 6.52.